The molecule has 0 saturated heterocycles. The molecule has 1 aromatic rings. The van der Waals surface area contributed by atoms with E-state index in [9.17, 15) is 23.5 Å². The number of halogens is 3. The van der Waals surface area contributed by atoms with Crippen molar-refractivity contribution < 1.29 is 33.3 Å². The number of aliphatic hydroxyl groups excluding tert-OH is 1. The van der Waals surface area contributed by atoms with E-state index in [1.54, 1.807) is 0 Å². The second-order valence-electron chi connectivity index (χ2n) is 3.73. The van der Waals surface area contributed by atoms with E-state index >= 15 is 0 Å². The maximum atomic E-state index is 12.1. The quantitative estimate of drug-likeness (QED) is 0.581. The third-order valence-corrected chi connectivity index (χ3v) is 2.80. The summed E-state index contributed by atoms with van der Waals surface area (Å²) in [4.78, 5) is 22.6. The van der Waals surface area contributed by atoms with E-state index in [0.717, 1.165) is 18.2 Å². The smallest absolute Gasteiger partial charge is 0.387 e. The molecule has 1 unspecified atom stereocenters. The lowest BCUT2D eigenvalue weighted by Crippen LogP contribution is -2.16. The summed E-state index contributed by atoms with van der Waals surface area (Å²) in [5, 5.41) is 18.6. The number of carboxylic acids is 1. The zero-order valence-electron chi connectivity index (χ0n) is 10.1. The number of ether oxygens (including phenoxy) is 1. The van der Waals surface area contributed by atoms with Crippen molar-refractivity contribution in [1.82, 2.24) is 0 Å². The summed E-state index contributed by atoms with van der Waals surface area (Å²) in [6, 6.07) is 3.15. The first-order valence-electron chi connectivity index (χ1n) is 5.45. The van der Waals surface area contributed by atoms with Gasteiger partial charge in [0.05, 0.1) is 0 Å². The Kier molecular flexibility index (Phi) is 6.03. The summed E-state index contributed by atoms with van der Waals surface area (Å²) in [5.74, 6) is -2.31. The van der Waals surface area contributed by atoms with Crippen LogP contribution in [0.25, 0.3) is 0 Å². The van der Waals surface area contributed by atoms with Crippen molar-refractivity contribution in [3.8, 4) is 5.75 Å². The Labute approximate surface area is 121 Å². The molecular formula is C12H11BrF2O5. The van der Waals surface area contributed by atoms with Crippen LogP contribution in [0.2, 0.25) is 0 Å². The molecule has 5 nitrogen and oxygen atoms in total. The maximum Gasteiger partial charge on any atom is 0.387 e. The number of Topliss-reactive ketones (excluding diaryl/α,β-unsaturated/α-hetero) is 1. The number of ketones is 1. The first-order chi connectivity index (χ1) is 9.36. The van der Waals surface area contributed by atoms with Crippen molar-refractivity contribution in [2.45, 2.75) is 19.1 Å². The third-order valence-electron chi connectivity index (χ3n) is 2.40. The Morgan fingerprint density at radius 1 is 1.35 bits per heavy atom. The fraction of sp³-hybridized carbons (Fsp3) is 0.333. The number of aliphatic hydroxyl groups is 1. The van der Waals surface area contributed by atoms with E-state index in [1.807, 2.05) is 0 Å². The number of carbonyl (C=O) groups is 2. The largest absolute Gasteiger partial charge is 0.479 e. The van der Waals surface area contributed by atoms with Gasteiger partial charge in [0.25, 0.3) is 0 Å². The van der Waals surface area contributed by atoms with Gasteiger partial charge in [0.1, 0.15) is 5.75 Å². The number of carbonyl (C=O) groups excluding carboxylic acids is 1. The van der Waals surface area contributed by atoms with E-state index < -0.39 is 24.5 Å². The third kappa shape index (κ3) is 4.24. The first-order valence-corrected chi connectivity index (χ1v) is 6.57. The molecule has 0 aliphatic heterocycles. The number of hydrogen-bond donors (Lipinski definition) is 2. The molecule has 0 aliphatic carbocycles. The molecule has 1 aromatic carbocycles. The van der Waals surface area contributed by atoms with Gasteiger partial charge in [0.15, 0.2) is 11.9 Å². The Morgan fingerprint density at radius 3 is 2.50 bits per heavy atom. The van der Waals surface area contributed by atoms with Gasteiger partial charge in [-0.1, -0.05) is 22.0 Å². The van der Waals surface area contributed by atoms with Gasteiger partial charge in [-0.2, -0.15) is 8.78 Å². The van der Waals surface area contributed by atoms with Gasteiger partial charge < -0.3 is 14.9 Å². The van der Waals surface area contributed by atoms with Crippen LogP contribution in [0.15, 0.2) is 18.2 Å². The lowest BCUT2D eigenvalue weighted by atomic mass is 9.97. The van der Waals surface area contributed by atoms with Crippen molar-refractivity contribution in [2.24, 2.45) is 0 Å². The molecule has 110 valence electrons. The zero-order valence-corrected chi connectivity index (χ0v) is 11.6. The highest BCUT2D eigenvalue weighted by atomic mass is 79.9. The van der Waals surface area contributed by atoms with E-state index in [-0.39, 0.29) is 23.3 Å². The lowest BCUT2D eigenvalue weighted by Gasteiger charge is -2.13. The van der Waals surface area contributed by atoms with Gasteiger partial charge in [-0.3, -0.25) is 4.79 Å². The van der Waals surface area contributed by atoms with Crippen LogP contribution in [0.4, 0.5) is 8.78 Å². The molecule has 0 heterocycles. The zero-order chi connectivity index (χ0) is 15.3. The first kappa shape index (κ1) is 16.5. The molecule has 0 bridgehead atoms. The van der Waals surface area contributed by atoms with Crippen molar-refractivity contribution in [2.75, 3.05) is 5.33 Å². The lowest BCUT2D eigenvalue weighted by molar-refractivity contribution is -0.147. The summed E-state index contributed by atoms with van der Waals surface area (Å²) in [7, 11) is 0. The van der Waals surface area contributed by atoms with Crippen LogP contribution < -0.4 is 4.74 Å². The van der Waals surface area contributed by atoms with Gasteiger partial charge in [-0.05, 0) is 12.1 Å². The van der Waals surface area contributed by atoms with E-state index in [1.165, 1.54) is 0 Å². The second-order valence-corrected chi connectivity index (χ2v) is 4.52. The number of rotatable bonds is 7. The van der Waals surface area contributed by atoms with E-state index in [2.05, 4.69) is 20.7 Å². The van der Waals surface area contributed by atoms with E-state index in [4.69, 9.17) is 5.11 Å². The van der Waals surface area contributed by atoms with Crippen LogP contribution in [0, 0.1) is 0 Å². The topological polar surface area (TPSA) is 83.8 Å². The standard InChI is InChI=1S/C12H11BrF2O5/c13-4-3-9(16)8-5-6(20-12(14)15)1-2-7(8)10(17)11(18)19/h1-2,5,10,12,17H,3-4H2,(H,18,19). The summed E-state index contributed by atoms with van der Waals surface area (Å²) >= 11 is 3.05. The SMILES string of the molecule is O=C(CCBr)c1cc(OC(F)F)ccc1C(O)C(=O)O. The number of benzene rings is 1. The fourth-order valence-electron chi connectivity index (χ4n) is 1.55. The minimum atomic E-state index is -3.07. The molecule has 0 fully saturated rings. The Balaban J connectivity index is 3.22. The predicted octanol–water partition coefficient (Wildman–Crippen LogP) is 2.37. The van der Waals surface area contributed by atoms with Gasteiger partial charge in [0.2, 0.25) is 0 Å². The molecule has 0 spiro atoms. The fourth-order valence-corrected chi connectivity index (χ4v) is 1.91. The summed E-state index contributed by atoms with van der Waals surface area (Å²) < 4.78 is 28.4. The molecule has 2 N–H and O–H groups in total. The van der Waals surface area contributed by atoms with E-state index in [0.29, 0.717) is 5.33 Å². The highest BCUT2D eigenvalue weighted by molar-refractivity contribution is 9.09. The van der Waals surface area contributed by atoms with Crippen LogP contribution >= 0.6 is 15.9 Å². The van der Waals surface area contributed by atoms with Gasteiger partial charge >= 0.3 is 12.6 Å². The molecule has 0 amide bonds. The Bertz CT molecular complexity index is 507. The summed E-state index contributed by atoms with van der Waals surface area (Å²) in [6.07, 6.45) is -1.89. The Hall–Kier alpha value is -1.54. The number of alkyl halides is 3. The molecule has 1 rings (SSSR count). The van der Waals surface area contributed by atoms with Crippen molar-refractivity contribution in [3.63, 3.8) is 0 Å². The molecule has 1 atom stereocenters. The van der Waals surface area contributed by atoms with Crippen molar-refractivity contribution in [1.29, 1.82) is 0 Å². The molecule has 0 aromatic heterocycles. The van der Waals surface area contributed by atoms with Gasteiger partial charge in [-0.25, -0.2) is 4.79 Å². The van der Waals surface area contributed by atoms with Crippen LogP contribution in [0.1, 0.15) is 28.4 Å². The van der Waals surface area contributed by atoms with Crippen LogP contribution in [-0.2, 0) is 4.79 Å². The Morgan fingerprint density at radius 2 is 2.00 bits per heavy atom. The number of aliphatic carboxylic acids is 1. The highest BCUT2D eigenvalue weighted by Crippen LogP contribution is 2.26. The minimum Gasteiger partial charge on any atom is -0.479 e. The molecule has 20 heavy (non-hydrogen) atoms. The number of hydrogen-bond acceptors (Lipinski definition) is 4. The average molecular weight is 353 g/mol. The summed E-state index contributed by atoms with van der Waals surface area (Å²) in [6.45, 7) is -3.07. The molecule has 8 heteroatoms. The molecular weight excluding hydrogens is 342 g/mol. The normalized spacial score (nSPS) is 12.2. The summed E-state index contributed by atoms with van der Waals surface area (Å²) in [5.41, 5.74) is -0.317. The monoisotopic (exact) mass is 352 g/mol. The van der Waals surface area contributed by atoms with Crippen molar-refractivity contribution in [3.05, 3.63) is 29.3 Å². The minimum absolute atomic E-state index is 0.0253. The second kappa shape index (κ2) is 7.30. The average Bonchev–Trinajstić information content (AvgIpc) is 2.37. The van der Waals surface area contributed by atoms with Crippen LogP contribution in [0.5, 0.6) is 5.75 Å². The maximum absolute atomic E-state index is 12.1. The highest BCUT2D eigenvalue weighted by Gasteiger charge is 2.23. The number of carboxylic acid groups (broad SMARTS) is 1. The molecule has 0 radical (unpaired) electrons. The van der Waals surface area contributed by atoms with Gasteiger partial charge in [0, 0.05) is 22.9 Å². The van der Waals surface area contributed by atoms with Crippen LogP contribution in [-0.4, -0.2) is 33.9 Å². The van der Waals surface area contributed by atoms with Crippen LogP contribution in [0.3, 0.4) is 0 Å². The molecule has 0 saturated carbocycles. The molecule has 0 aliphatic rings. The van der Waals surface area contributed by atoms with Crippen molar-refractivity contribution >= 4 is 27.7 Å². The van der Waals surface area contributed by atoms with Gasteiger partial charge in [-0.15, -0.1) is 0 Å². The predicted molar refractivity (Wildman–Crippen MR) is 68.4 cm³/mol.